The number of nitrogen functional groups attached to an aromatic ring is 1. The van der Waals surface area contributed by atoms with Crippen LogP contribution in [0.4, 0.5) is 11.4 Å². The Morgan fingerprint density at radius 2 is 1.84 bits per heavy atom. The highest BCUT2D eigenvalue weighted by atomic mass is 15.1. The second-order valence-corrected chi connectivity index (χ2v) is 4.73. The van der Waals surface area contributed by atoms with Gasteiger partial charge < -0.3 is 10.6 Å². The van der Waals surface area contributed by atoms with Crippen LogP contribution in [0.15, 0.2) is 42.5 Å². The molecule has 3 nitrogen and oxygen atoms in total. The second kappa shape index (κ2) is 5.45. The van der Waals surface area contributed by atoms with E-state index < -0.39 is 0 Å². The van der Waals surface area contributed by atoms with E-state index in [9.17, 15) is 0 Å². The number of nitriles is 1. The number of hydrogen-bond acceptors (Lipinski definition) is 3. The fraction of sp³-hybridized carbons (Fsp3) is 0.188. The molecule has 0 aliphatic carbocycles. The summed E-state index contributed by atoms with van der Waals surface area (Å²) in [6, 6.07) is 16.0. The van der Waals surface area contributed by atoms with Gasteiger partial charge in [-0.25, -0.2) is 0 Å². The Kier molecular flexibility index (Phi) is 3.72. The van der Waals surface area contributed by atoms with Gasteiger partial charge in [-0.1, -0.05) is 29.8 Å². The van der Waals surface area contributed by atoms with E-state index in [0.717, 1.165) is 12.2 Å². The van der Waals surface area contributed by atoms with E-state index in [1.54, 1.807) is 6.07 Å². The lowest BCUT2D eigenvalue weighted by Crippen LogP contribution is -2.17. The Morgan fingerprint density at radius 1 is 1.16 bits per heavy atom. The summed E-state index contributed by atoms with van der Waals surface area (Å²) in [4.78, 5) is 2.06. The van der Waals surface area contributed by atoms with Crippen molar-refractivity contribution in [3.8, 4) is 6.07 Å². The second-order valence-electron chi connectivity index (χ2n) is 4.73. The molecule has 0 aromatic heterocycles. The summed E-state index contributed by atoms with van der Waals surface area (Å²) in [6.45, 7) is 2.83. The Balaban J connectivity index is 2.23. The van der Waals surface area contributed by atoms with Crippen molar-refractivity contribution in [2.45, 2.75) is 13.5 Å². The van der Waals surface area contributed by atoms with Crippen LogP contribution in [0.5, 0.6) is 0 Å². The first-order valence-electron chi connectivity index (χ1n) is 6.16. The maximum absolute atomic E-state index is 9.16. The third-order valence-electron chi connectivity index (χ3n) is 3.09. The monoisotopic (exact) mass is 251 g/mol. The minimum absolute atomic E-state index is 0.606. The van der Waals surface area contributed by atoms with Crippen molar-refractivity contribution in [3.05, 3.63) is 59.2 Å². The van der Waals surface area contributed by atoms with Gasteiger partial charge >= 0.3 is 0 Å². The predicted molar refractivity (Wildman–Crippen MR) is 78.9 cm³/mol. The average molecular weight is 251 g/mol. The molecule has 2 aromatic carbocycles. The molecule has 0 heterocycles. The smallest absolute Gasteiger partial charge is 0.101 e. The third-order valence-corrected chi connectivity index (χ3v) is 3.09. The maximum Gasteiger partial charge on any atom is 0.101 e. The average Bonchev–Trinajstić information content (AvgIpc) is 2.41. The standard InChI is InChI=1S/C16H17N3/c1-12-3-5-13(6-4-12)11-19(2)16-8-7-15(18)9-14(16)10-17/h3-9H,11,18H2,1-2H3. The highest BCUT2D eigenvalue weighted by Crippen LogP contribution is 2.23. The molecule has 0 radical (unpaired) electrons. The summed E-state index contributed by atoms with van der Waals surface area (Å²) in [5, 5.41) is 9.16. The minimum Gasteiger partial charge on any atom is -0.399 e. The Bertz CT molecular complexity index is 609. The molecule has 2 aromatic rings. The minimum atomic E-state index is 0.606. The van der Waals surface area contributed by atoms with Gasteiger partial charge in [-0.15, -0.1) is 0 Å². The van der Waals surface area contributed by atoms with E-state index in [2.05, 4.69) is 42.2 Å². The summed E-state index contributed by atoms with van der Waals surface area (Å²) in [6.07, 6.45) is 0. The van der Waals surface area contributed by atoms with E-state index in [1.165, 1.54) is 11.1 Å². The molecule has 0 bridgehead atoms. The number of rotatable bonds is 3. The van der Waals surface area contributed by atoms with Crippen molar-refractivity contribution < 1.29 is 0 Å². The summed E-state index contributed by atoms with van der Waals surface area (Å²) >= 11 is 0. The van der Waals surface area contributed by atoms with Crippen molar-refractivity contribution in [2.75, 3.05) is 17.7 Å². The lowest BCUT2D eigenvalue weighted by atomic mass is 10.1. The highest BCUT2D eigenvalue weighted by molar-refractivity contribution is 5.64. The zero-order valence-electron chi connectivity index (χ0n) is 11.2. The molecule has 3 heteroatoms. The summed E-state index contributed by atoms with van der Waals surface area (Å²) in [5.74, 6) is 0. The molecular formula is C16H17N3. The van der Waals surface area contributed by atoms with E-state index in [4.69, 9.17) is 11.0 Å². The molecule has 0 unspecified atom stereocenters. The topological polar surface area (TPSA) is 53.0 Å². The molecule has 0 atom stereocenters. The summed E-state index contributed by atoms with van der Waals surface area (Å²) in [7, 11) is 1.98. The van der Waals surface area contributed by atoms with Crippen LogP contribution in [0, 0.1) is 18.3 Å². The quantitative estimate of drug-likeness (QED) is 0.853. The lowest BCUT2D eigenvalue weighted by Gasteiger charge is -2.21. The van der Waals surface area contributed by atoms with Crippen LogP contribution in [0.25, 0.3) is 0 Å². The number of anilines is 2. The van der Waals surface area contributed by atoms with Gasteiger partial charge in [0.1, 0.15) is 6.07 Å². The molecule has 0 fully saturated rings. The molecule has 0 amide bonds. The van der Waals surface area contributed by atoms with E-state index in [1.807, 2.05) is 19.2 Å². The Morgan fingerprint density at radius 3 is 2.47 bits per heavy atom. The van der Waals surface area contributed by atoms with Gasteiger partial charge in [-0.3, -0.25) is 0 Å². The molecule has 0 spiro atoms. The van der Waals surface area contributed by atoms with Crippen LogP contribution >= 0.6 is 0 Å². The first-order valence-corrected chi connectivity index (χ1v) is 6.16. The van der Waals surface area contributed by atoms with Gasteiger partial charge in [0.15, 0.2) is 0 Å². The lowest BCUT2D eigenvalue weighted by molar-refractivity contribution is 0.920. The van der Waals surface area contributed by atoms with Crippen LogP contribution in [0.1, 0.15) is 16.7 Å². The maximum atomic E-state index is 9.16. The van der Waals surface area contributed by atoms with E-state index >= 15 is 0 Å². The molecule has 2 rings (SSSR count). The van der Waals surface area contributed by atoms with Gasteiger partial charge in [0.2, 0.25) is 0 Å². The molecule has 0 aliphatic heterocycles. The van der Waals surface area contributed by atoms with Gasteiger partial charge in [0.25, 0.3) is 0 Å². The van der Waals surface area contributed by atoms with E-state index in [0.29, 0.717) is 11.3 Å². The van der Waals surface area contributed by atoms with Crippen molar-refractivity contribution in [1.82, 2.24) is 0 Å². The number of aryl methyl sites for hydroxylation is 1. The summed E-state index contributed by atoms with van der Waals surface area (Å²) in [5.41, 5.74) is 10.3. The summed E-state index contributed by atoms with van der Waals surface area (Å²) < 4.78 is 0. The molecule has 0 saturated carbocycles. The fourth-order valence-corrected chi connectivity index (χ4v) is 2.03. The SMILES string of the molecule is Cc1ccc(CN(C)c2ccc(N)cc2C#N)cc1. The fourth-order valence-electron chi connectivity index (χ4n) is 2.03. The first kappa shape index (κ1) is 13.0. The zero-order chi connectivity index (χ0) is 13.8. The number of nitrogens with zero attached hydrogens (tertiary/aromatic N) is 2. The van der Waals surface area contributed by atoms with Gasteiger partial charge in [-0.2, -0.15) is 5.26 Å². The third kappa shape index (κ3) is 3.05. The predicted octanol–water partition coefficient (Wildman–Crippen LogP) is 3.09. The number of hydrogen-bond donors (Lipinski definition) is 1. The van der Waals surface area contributed by atoms with Gasteiger partial charge in [0, 0.05) is 19.3 Å². The van der Waals surface area contributed by atoms with Crippen LogP contribution in [0.3, 0.4) is 0 Å². The van der Waals surface area contributed by atoms with Crippen molar-refractivity contribution >= 4 is 11.4 Å². The van der Waals surface area contributed by atoms with Crippen molar-refractivity contribution in [2.24, 2.45) is 0 Å². The Hall–Kier alpha value is -2.47. The number of nitrogens with two attached hydrogens (primary N) is 1. The molecular weight excluding hydrogens is 234 g/mol. The Labute approximate surface area is 113 Å². The van der Waals surface area contributed by atoms with Crippen LogP contribution in [-0.4, -0.2) is 7.05 Å². The van der Waals surface area contributed by atoms with Crippen molar-refractivity contribution in [3.63, 3.8) is 0 Å². The van der Waals surface area contributed by atoms with E-state index in [-0.39, 0.29) is 0 Å². The highest BCUT2D eigenvalue weighted by Gasteiger charge is 2.08. The van der Waals surface area contributed by atoms with Gasteiger partial charge in [-0.05, 0) is 30.7 Å². The first-order chi connectivity index (χ1) is 9.10. The normalized spacial score (nSPS) is 9.95. The molecule has 96 valence electrons. The van der Waals surface area contributed by atoms with Crippen LogP contribution in [-0.2, 0) is 6.54 Å². The largest absolute Gasteiger partial charge is 0.399 e. The van der Waals surface area contributed by atoms with Crippen molar-refractivity contribution in [1.29, 1.82) is 5.26 Å². The number of benzene rings is 2. The molecule has 19 heavy (non-hydrogen) atoms. The molecule has 2 N–H and O–H groups in total. The zero-order valence-corrected chi connectivity index (χ0v) is 11.2. The van der Waals surface area contributed by atoms with Crippen LogP contribution in [0.2, 0.25) is 0 Å². The molecule has 0 aliphatic rings. The van der Waals surface area contributed by atoms with Gasteiger partial charge in [0.05, 0.1) is 11.3 Å². The van der Waals surface area contributed by atoms with Crippen LogP contribution < -0.4 is 10.6 Å². The molecule has 0 saturated heterocycles.